The van der Waals surface area contributed by atoms with Crippen LogP contribution < -0.4 is 14.9 Å². The summed E-state index contributed by atoms with van der Waals surface area (Å²) < 4.78 is 56.7. The molecule has 0 amide bonds. The van der Waals surface area contributed by atoms with Crippen LogP contribution in [0.2, 0.25) is 0 Å². The van der Waals surface area contributed by atoms with Crippen LogP contribution in [-0.2, 0) is 6.18 Å². The summed E-state index contributed by atoms with van der Waals surface area (Å²) in [5.74, 6) is 0.339. The Morgan fingerprint density at radius 3 is 2.40 bits per heavy atom. The van der Waals surface area contributed by atoms with Crippen LogP contribution in [0.15, 0.2) is 69.9 Å². The number of hydrogen-bond acceptors (Lipinski definition) is 5. The molecule has 1 aromatic heterocycles. The fraction of sp³-hybridized carbons (Fsp3) is 0.111. The van der Waals surface area contributed by atoms with Crippen LogP contribution in [0.25, 0.3) is 22.6 Å². The minimum Gasteiger partial charge on any atom is -0.459 e. The van der Waals surface area contributed by atoms with Crippen molar-refractivity contribution < 1.29 is 27.1 Å². The highest BCUT2D eigenvalue weighted by Gasteiger charge is 2.33. The molecule has 2 heterocycles. The second kappa shape index (κ2) is 7.50. The van der Waals surface area contributed by atoms with Gasteiger partial charge in [0.15, 0.2) is 16.9 Å². The highest BCUT2D eigenvalue weighted by molar-refractivity contribution is 5.95. The number of rotatable bonds is 1. The Morgan fingerprint density at radius 1 is 0.971 bits per heavy atom. The Balaban J connectivity index is 1.68. The van der Waals surface area contributed by atoms with Crippen LogP contribution in [0.1, 0.15) is 39.5 Å². The van der Waals surface area contributed by atoms with E-state index >= 15 is 0 Å². The number of allylic oxidation sites excluding steroid dienone is 1. The van der Waals surface area contributed by atoms with Crippen molar-refractivity contribution in [2.75, 3.05) is 6.79 Å². The molecule has 172 valence electrons. The van der Waals surface area contributed by atoms with Gasteiger partial charge in [0.25, 0.3) is 0 Å². The van der Waals surface area contributed by atoms with Crippen molar-refractivity contribution in [2.24, 2.45) is 0 Å². The standard InChI is InChI=1S/C27H14F3NO4/c28-27(29,30)16-7-5-14(6-8-16)24-18-4-2-1-3-17(18)15(12-31)9-20-25(32)19-10-22-23(34-13-33-22)11-21(19)35-26(20)24/h1-11,24H,13H2. The number of halogens is 3. The van der Waals surface area contributed by atoms with Crippen molar-refractivity contribution >= 4 is 22.6 Å². The van der Waals surface area contributed by atoms with E-state index in [-0.39, 0.29) is 40.1 Å². The van der Waals surface area contributed by atoms with Gasteiger partial charge in [-0.15, -0.1) is 0 Å². The molecule has 1 aliphatic heterocycles. The minimum atomic E-state index is -4.49. The van der Waals surface area contributed by atoms with E-state index in [1.165, 1.54) is 24.3 Å². The molecule has 6 rings (SSSR count). The van der Waals surface area contributed by atoms with Crippen LogP contribution in [0.4, 0.5) is 13.2 Å². The van der Waals surface area contributed by atoms with E-state index in [9.17, 15) is 23.2 Å². The van der Waals surface area contributed by atoms with Gasteiger partial charge in [0, 0.05) is 6.07 Å². The summed E-state index contributed by atoms with van der Waals surface area (Å²) in [5, 5.41) is 10.1. The summed E-state index contributed by atoms with van der Waals surface area (Å²) in [6, 6.07) is 17.0. The molecule has 35 heavy (non-hydrogen) atoms. The molecule has 1 aliphatic carbocycles. The second-order valence-corrected chi connectivity index (χ2v) is 8.22. The van der Waals surface area contributed by atoms with E-state index < -0.39 is 17.7 Å². The highest BCUT2D eigenvalue weighted by atomic mass is 19.4. The quantitative estimate of drug-likeness (QED) is 0.334. The largest absolute Gasteiger partial charge is 0.459 e. The summed E-state index contributed by atoms with van der Waals surface area (Å²) in [7, 11) is 0. The summed E-state index contributed by atoms with van der Waals surface area (Å²) in [6.07, 6.45) is -3.01. The molecule has 5 nitrogen and oxygen atoms in total. The molecule has 0 saturated carbocycles. The number of ether oxygens (including phenoxy) is 2. The fourth-order valence-corrected chi connectivity index (χ4v) is 4.61. The van der Waals surface area contributed by atoms with Gasteiger partial charge in [-0.1, -0.05) is 36.4 Å². The molecule has 1 atom stereocenters. The Morgan fingerprint density at radius 2 is 1.69 bits per heavy atom. The van der Waals surface area contributed by atoms with Crippen LogP contribution in [0.3, 0.4) is 0 Å². The average molecular weight is 473 g/mol. The van der Waals surface area contributed by atoms with Crippen molar-refractivity contribution in [3.63, 3.8) is 0 Å². The van der Waals surface area contributed by atoms with E-state index in [2.05, 4.69) is 6.07 Å². The smallest absolute Gasteiger partial charge is 0.416 e. The fourth-order valence-electron chi connectivity index (χ4n) is 4.61. The first-order valence-electron chi connectivity index (χ1n) is 10.6. The topological polar surface area (TPSA) is 72.5 Å². The number of hydrogen-bond donors (Lipinski definition) is 0. The lowest BCUT2D eigenvalue weighted by Gasteiger charge is -2.20. The first-order chi connectivity index (χ1) is 16.8. The monoisotopic (exact) mass is 473 g/mol. The Kier molecular flexibility index (Phi) is 4.51. The van der Waals surface area contributed by atoms with Gasteiger partial charge >= 0.3 is 6.18 Å². The van der Waals surface area contributed by atoms with E-state index in [0.29, 0.717) is 28.2 Å². The Labute approximate surface area is 196 Å². The van der Waals surface area contributed by atoms with Gasteiger partial charge in [0.2, 0.25) is 6.79 Å². The molecule has 0 spiro atoms. The molecular formula is C27H14F3NO4. The maximum Gasteiger partial charge on any atom is 0.416 e. The zero-order chi connectivity index (χ0) is 24.3. The molecule has 0 radical (unpaired) electrons. The van der Waals surface area contributed by atoms with Gasteiger partial charge in [-0.05, 0) is 41.0 Å². The molecule has 4 aromatic rings. The maximum absolute atomic E-state index is 13.6. The Bertz CT molecular complexity index is 1640. The highest BCUT2D eigenvalue weighted by Crippen LogP contribution is 2.44. The zero-order valence-corrected chi connectivity index (χ0v) is 17.8. The molecule has 8 heteroatoms. The van der Waals surface area contributed by atoms with Gasteiger partial charge in [0.1, 0.15) is 11.3 Å². The predicted molar refractivity (Wildman–Crippen MR) is 121 cm³/mol. The second-order valence-electron chi connectivity index (χ2n) is 8.22. The van der Waals surface area contributed by atoms with Gasteiger partial charge in [-0.25, -0.2) is 0 Å². The molecule has 0 fully saturated rings. The van der Waals surface area contributed by atoms with Crippen LogP contribution in [-0.4, -0.2) is 6.79 Å². The summed E-state index contributed by atoms with van der Waals surface area (Å²) in [5.41, 5.74) is 1.20. The third-order valence-corrected chi connectivity index (χ3v) is 6.25. The van der Waals surface area contributed by atoms with Crippen LogP contribution >= 0.6 is 0 Å². The van der Waals surface area contributed by atoms with Gasteiger partial charge in [-0.3, -0.25) is 4.79 Å². The lowest BCUT2D eigenvalue weighted by atomic mass is 9.85. The predicted octanol–water partition coefficient (Wildman–Crippen LogP) is 6.10. The third kappa shape index (κ3) is 3.28. The first-order valence-corrected chi connectivity index (χ1v) is 10.6. The number of nitriles is 1. The van der Waals surface area contributed by atoms with Crippen molar-refractivity contribution in [1.82, 2.24) is 0 Å². The summed E-state index contributed by atoms with van der Waals surface area (Å²) in [4.78, 5) is 13.6. The SMILES string of the molecule is N#CC1=Cc2c(oc3cc4c(cc3c2=O)OCO4)C(c2ccc(C(F)(F)F)cc2)c2ccccc21. The number of fused-ring (bicyclic) bond motifs is 4. The molecule has 1 unspecified atom stereocenters. The molecule has 2 aliphatic rings. The Hall–Kier alpha value is -4.51. The number of nitrogens with zero attached hydrogens (tertiary/aromatic N) is 1. The lowest BCUT2D eigenvalue weighted by Crippen LogP contribution is -2.14. The van der Waals surface area contributed by atoms with E-state index in [0.717, 1.165) is 12.1 Å². The normalized spacial score (nSPS) is 16.2. The van der Waals surface area contributed by atoms with Crippen LogP contribution in [0, 0.1) is 11.3 Å². The van der Waals surface area contributed by atoms with Crippen molar-refractivity contribution in [1.29, 1.82) is 5.26 Å². The first kappa shape index (κ1) is 21.1. The zero-order valence-electron chi connectivity index (χ0n) is 17.8. The molecule has 0 bridgehead atoms. The minimum absolute atomic E-state index is 0.0135. The van der Waals surface area contributed by atoms with E-state index in [1.54, 1.807) is 30.3 Å². The van der Waals surface area contributed by atoms with Crippen LogP contribution in [0.5, 0.6) is 11.5 Å². The molecular weight excluding hydrogens is 459 g/mol. The van der Waals surface area contributed by atoms with Gasteiger partial charge in [-0.2, -0.15) is 18.4 Å². The molecule has 3 aromatic carbocycles. The van der Waals surface area contributed by atoms with Gasteiger partial charge in [0.05, 0.1) is 34.1 Å². The average Bonchev–Trinajstić information content (AvgIpc) is 3.25. The number of benzene rings is 3. The summed E-state index contributed by atoms with van der Waals surface area (Å²) >= 11 is 0. The van der Waals surface area contributed by atoms with E-state index in [1.807, 2.05) is 0 Å². The molecule has 0 N–H and O–H groups in total. The third-order valence-electron chi connectivity index (χ3n) is 6.25. The maximum atomic E-state index is 13.6. The van der Waals surface area contributed by atoms with Crippen molar-refractivity contribution in [3.8, 4) is 17.6 Å². The molecule has 0 saturated heterocycles. The van der Waals surface area contributed by atoms with Crippen molar-refractivity contribution in [2.45, 2.75) is 12.1 Å². The van der Waals surface area contributed by atoms with Crippen molar-refractivity contribution in [3.05, 3.63) is 104 Å². The number of alkyl halides is 3. The summed E-state index contributed by atoms with van der Waals surface area (Å²) in [6.45, 7) is 0.0135. The lowest BCUT2D eigenvalue weighted by molar-refractivity contribution is -0.137. The van der Waals surface area contributed by atoms with E-state index in [4.69, 9.17) is 13.9 Å². The van der Waals surface area contributed by atoms with Gasteiger partial charge < -0.3 is 13.9 Å².